The first-order valence-corrected chi connectivity index (χ1v) is 9.48. The van der Waals surface area contributed by atoms with Crippen molar-refractivity contribution >= 4 is 17.7 Å². The molecule has 6 rings (SSSR count). The van der Waals surface area contributed by atoms with Crippen LogP contribution >= 0.6 is 0 Å². The van der Waals surface area contributed by atoms with Crippen molar-refractivity contribution in [3.8, 4) is 0 Å². The van der Waals surface area contributed by atoms with E-state index in [1.165, 1.54) is 11.3 Å². The lowest BCUT2D eigenvalue weighted by molar-refractivity contribution is -0.144. The summed E-state index contributed by atoms with van der Waals surface area (Å²) >= 11 is 0. The molecule has 24 heavy (non-hydrogen) atoms. The Morgan fingerprint density at radius 1 is 1.00 bits per heavy atom. The molecule has 4 fully saturated rings. The first-order chi connectivity index (χ1) is 11.6. The van der Waals surface area contributed by atoms with Gasteiger partial charge in [0.2, 0.25) is 17.7 Å². The summed E-state index contributed by atoms with van der Waals surface area (Å²) in [6.45, 7) is -0.0874. The Hall–Kier alpha value is -1.65. The van der Waals surface area contributed by atoms with Crippen molar-refractivity contribution in [1.29, 1.82) is 0 Å². The summed E-state index contributed by atoms with van der Waals surface area (Å²) in [5.74, 6) is 0.899. The van der Waals surface area contributed by atoms with Gasteiger partial charge in [-0.05, 0) is 42.9 Å². The monoisotopic (exact) mass is 328 g/mol. The minimum absolute atomic E-state index is 0.0874. The largest absolute Gasteiger partial charge is 0.352 e. The number of hydrogen-bond donors (Lipinski definition) is 1. The SMILES string of the molecule is O=C(CN1C(=O)[C@@H]2[C@H]3C=C[C@@H]([C@@H]4C[C@@H]34)[C@H]2C1=O)NC1CCCCC1. The van der Waals surface area contributed by atoms with Gasteiger partial charge in [0, 0.05) is 6.04 Å². The Morgan fingerprint density at radius 3 is 2.17 bits per heavy atom. The second-order valence-electron chi connectivity index (χ2n) is 8.32. The average Bonchev–Trinajstić information content (AvgIpc) is 3.37. The predicted molar refractivity (Wildman–Crippen MR) is 86.4 cm³/mol. The molecule has 5 nitrogen and oxygen atoms in total. The van der Waals surface area contributed by atoms with E-state index in [0.29, 0.717) is 11.8 Å². The molecule has 1 saturated heterocycles. The topological polar surface area (TPSA) is 66.5 Å². The number of imide groups is 1. The Balaban J connectivity index is 1.29. The van der Waals surface area contributed by atoms with Gasteiger partial charge in [0.15, 0.2) is 0 Å². The average molecular weight is 328 g/mol. The third kappa shape index (κ3) is 2.02. The summed E-state index contributed by atoms with van der Waals surface area (Å²) in [5, 5.41) is 3.02. The minimum Gasteiger partial charge on any atom is -0.352 e. The smallest absolute Gasteiger partial charge is 0.240 e. The van der Waals surface area contributed by atoms with Gasteiger partial charge in [0.05, 0.1) is 11.8 Å². The molecule has 0 aromatic carbocycles. The Bertz CT molecular complexity index is 601. The van der Waals surface area contributed by atoms with Gasteiger partial charge in [-0.2, -0.15) is 0 Å². The maximum atomic E-state index is 12.8. The van der Waals surface area contributed by atoms with Crippen LogP contribution in [-0.2, 0) is 14.4 Å². The van der Waals surface area contributed by atoms with E-state index in [0.717, 1.165) is 32.1 Å². The molecular weight excluding hydrogens is 304 g/mol. The highest BCUT2D eigenvalue weighted by Crippen LogP contribution is 2.65. The van der Waals surface area contributed by atoms with E-state index in [1.807, 2.05) is 0 Å². The molecule has 6 aliphatic rings. The number of allylic oxidation sites excluding steroid dienone is 2. The zero-order chi connectivity index (χ0) is 16.4. The molecular formula is C19H24N2O3. The lowest BCUT2D eigenvalue weighted by Crippen LogP contribution is -2.45. The first-order valence-electron chi connectivity index (χ1n) is 9.48. The molecule has 3 saturated carbocycles. The molecule has 0 radical (unpaired) electrons. The van der Waals surface area contributed by atoms with E-state index in [4.69, 9.17) is 0 Å². The van der Waals surface area contributed by atoms with Gasteiger partial charge in [-0.15, -0.1) is 0 Å². The fraction of sp³-hybridized carbons (Fsp3) is 0.737. The first kappa shape index (κ1) is 14.7. The summed E-state index contributed by atoms with van der Waals surface area (Å²) in [7, 11) is 0. The quantitative estimate of drug-likeness (QED) is 0.630. The molecule has 128 valence electrons. The molecule has 1 aliphatic heterocycles. The Labute approximate surface area is 141 Å². The predicted octanol–water partition coefficient (Wildman–Crippen LogP) is 1.49. The molecule has 2 bridgehead atoms. The zero-order valence-electron chi connectivity index (χ0n) is 13.8. The van der Waals surface area contributed by atoms with E-state index in [9.17, 15) is 14.4 Å². The number of hydrogen-bond acceptors (Lipinski definition) is 3. The second-order valence-corrected chi connectivity index (χ2v) is 8.32. The summed E-state index contributed by atoms with van der Waals surface area (Å²) in [6.07, 6.45) is 11.0. The number of likely N-dealkylation sites (tertiary alicyclic amines) is 1. The maximum absolute atomic E-state index is 12.8. The minimum atomic E-state index is -0.196. The van der Waals surface area contributed by atoms with Gasteiger partial charge < -0.3 is 5.32 Å². The van der Waals surface area contributed by atoms with Crippen molar-refractivity contribution in [3.63, 3.8) is 0 Å². The van der Waals surface area contributed by atoms with Crippen molar-refractivity contribution in [2.75, 3.05) is 6.54 Å². The number of nitrogens with zero attached hydrogens (tertiary/aromatic N) is 1. The molecule has 3 amide bonds. The summed E-state index contributed by atoms with van der Waals surface area (Å²) in [5.41, 5.74) is 0. The highest BCUT2D eigenvalue weighted by Gasteiger charge is 2.67. The third-order valence-electron chi connectivity index (χ3n) is 7.03. The lowest BCUT2D eigenvalue weighted by atomic mass is 9.63. The van der Waals surface area contributed by atoms with Gasteiger partial charge in [0.1, 0.15) is 6.54 Å². The highest BCUT2D eigenvalue weighted by molar-refractivity contribution is 6.08. The second kappa shape index (κ2) is 5.17. The van der Waals surface area contributed by atoms with Crippen molar-refractivity contribution in [3.05, 3.63) is 12.2 Å². The van der Waals surface area contributed by atoms with Crippen LogP contribution in [0.4, 0.5) is 0 Å². The van der Waals surface area contributed by atoms with Crippen LogP contribution in [0.3, 0.4) is 0 Å². The Kier molecular flexibility index (Phi) is 3.16. The number of carbonyl (C=O) groups is 3. The number of carbonyl (C=O) groups excluding carboxylic acids is 3. The van der Waals surface area contributed by atoms with Crippen molar-refractivity contribution in [2.24, 2.45) is 35.5 Å². The summed E-state index contributed by atoms with van der Waals surface area (Å²) in [6, 6.07) is 0.215. The van der Waals surface area contributed by atoms with Gasteiger partial charge in [-0.1, -0.05) is 31.4 Å². The molecule has 0 unspecified atom stereocenters. The Morgan fingerprint density at radius 2 is 1.58 bits per heavy atom. The molecule has 5 aliphatic carbocycles. The molecule has 1 heterocycles. The van der Waals surface area contributed by atoms with Gasteiger partial charge in [-0.25, -0.2) is 0 Å². The standard InChI is InChI=1S/C19H24N2O3/c22-15(20-10-4-2-1-3-5-10)9-21-18(23)16-11-6-7-12(14-8-13(11)14)17(16)19(21)24/h6-7,10-14,16-17H,1-5,8-9H2,(H,20,22)/t11-,12-,13-,14-,16+,17+/m0/s1. The normalized spacial score (nSPS) is 42.9. The number of rotatable bonds is 3. The molecule has 5 heteroatoms. The van der Waals surface area contributed by atoms with Crippen molar-refractivity contribution in [2.45, 2.75) is 44.6 Å². The fourth-order valence-electron chi connectivity index (χ4n) is 5.84. The third-order valence-corrected chi connectivity index (χ3v) is 7.03. The van der Waals surface area contributed by atoms with E-state index in [-0.39, 0.29) is 54.0 Å². The van der Waals surface area contributed by atoms with Crippen LogP contribution in [0.1, 0.15) is 38.5 Å². The van der Waals surface area contributed by atoms with E-state index in [1.54, 1.807) is 0 Å². The molecule has 0 spiro atoms. The van der Waals surface area contributed by atoms with Crippen LogP contribution in [0.5, 0.6) is 0 Å². The number of amides is 3. The molecule has 1 N–H and O–H groups in total. The van der Waals surface area contributed by atoms with Gasteiger partial charge in [0.25, 0.3) is 0 Å². The van der Waals surface area contributed by atoms with Crippen molar-refractivity contribution in [1.82, 2.24) is 10.2 Å². The number of nitrogens with one attached hydrogen (secondary N) is 1. The molecule has 0 aromatic rings. The lowest BCUT2D eigenvalue weighted by Gasteiger charge is -2.37. The molecule has 6 atom stereocenters. The fourth-order valence-corrected chi connectivity index (χ4v) is 5.84. The maximum Gasteiger partial charge on any atom is 0.240 e. The van der Waals surface area contributed by atoms with Gasteiger partial charge >= 0.3 is 0 Å². The van der Waals surface area contributed by atoms with Gasteiger partial charge in [-0.3, -0.25) is 19.3 Å². The summed E-state index contributed by atoms with van der Waals surface area (Å²) in [4.78, 5) is 39.2. The van der Waals surface area contributed by atoms with Crippen molar-refractivity contribution < 1.29 is 14.4 Å². The zero-order valence-corrected chi connectivity index (χ0v) is 13.8. The van der Waals surface area contributed by atoms with E-state index < -0.39 is 0 Å². The van der Waals surface area contributed by atoms with Crippen LogP contribution < -0.4 is 5.32 Å². The molecule has 0 aromatic heterocycles. The summed E-state index contributed by atoms with van der Waals surface area (Å²) < 4.78 is 0. The van der Waals surface area contributed by atoms with Crippen LogP contribution in [-0.4, -0.2) is 35.2 Å². The van der Waals surface area contributed by atoms with Crippen LogP contribution in [0, 0.1) is 35.5 Å². The van der Waals surface area contributed by atoms with Crippen LogP contribution in [0.25, 0.3) is 0 Å². The van der Waals surface area contributed by atoms with E-state index >= 15 is 0 Å². The van der Waals surface area contributed by atoms with E-state index in [2.05, 4.69) is 17.5 Å². The van der Waals surface area contributed by atoms with Crippen LogP contribution in [0.15, 0.2) is 12.2 Å². The highest BCUT2D eigenvalue weighted by atomic mass is 16.2. The van der Waals surface area contributed by atoms with Crippen LogP contribution in [0.2, 0.25) is 0 Å².